The highest BCUT2D eigenvalue weighted by Crippen LogP contribution is 2.11. The second kappa shape index (κ2) is 3.92. The molecule has 4 heteroatoms. The molecule has 0 aliphatic carbocycles. The summed E-state index contributed by atoms with van der Waals surface area (Å²) >= 11 is 3.32. The molecule has 0 aromatic carbocycles. The lowest BCUT2D eigenvalue weighted by Crippen LogP contribution is -1.96. The van der Waals surface area contributed by atoms with Gasteiger partial charge in [-0.05, 0) is 40.5 Å². The van der Waals surface area contributed by atoms with Crippen LogP contribution in [0.4, 0.5) is 0 Å². The number of nitrogens with zero attached hydrogens (tertiary/aromatic N) is 3. The first-order valence-corrected chi connectivity index (χ1v) is 5.25. The molecule has 0 saturated heterocycles. The van der Waals surface area contributed by atoms with Crippen molar-refractivity contribution in [3.05, 3.63) is 40.9 Å². The molecule has 3 nitrogen and oxygen atoms in total. The first-order chi connectivity index (χ1) is 6.79. The van der Waals surface area contributed by atoms with Crippen molar-refractivity contribution in [1.82, 2.24) is 14.8 Å². The molecule has 0 saturated carbocycles. The average Bonchev–Trinajstić information content (AvgIpc) is 2.65. The van der Waals surface area contributed by atoms with Gasteiger partial charge in [0.05, 0.1) is 5.69 Å². The molecule has 14 heavy (non-hydrogen) atoms. The normalized spacial score (nSPS) is 10.4. The summed E-state index contributed by atoms with van der Waals surface area (Å²) < 4.78 is 2.66. The minimum atomic E-state index is 0.840. The molecule has 0 unspecified atom stereocenters. The maximum Gasteiger partial charge on any atom is 0.128 e. The molecule has 2 rings (SSSR count). The maximum absolute atomic E-state index is 4.26. The molecule has 0 aliphatic rings. The van der Waals surface area contributed by atoms with Crippen LogP contribution in [0.3, 0.4) is 0 Å². The summed E-state index contributed by atoms with van der Waals surface area (Å²) in [5.74, 6) is 0. The van der Waals surface area contributed by atoms with Crippen molar-refractivity contribution in [3.8, 4) is 5.69 Å². The minimum Gasteiger partial charge on any atom is -0.261 e. The molecule has 2 heterocycles. The first kappa shape index (κ1) is 9.40. The van der Waals surface area contributed by atoms with Gasteiger partial charge in [0.25, 0.3) is 0 Å². The number of pyridine rings is 1. The Morgan fingerprint density at radius 2 is 2.29 bits per heavy atom. The fraction of sp³-hybridized carbons (Fsp3) is 0.200. The Morgan fingerprint density at radius 1 is 1.43 bits per heavy atom. The smallest absolute Gasteiger partial charge is 0.128 e. The summed E-state index contributed by atoms with van der Waals surface area (Å²) in [7, 11) is 0. The quantitative estimate of drug-likeness (QED) is 0.822. The number of hydrogen-bond donors (Lipinski definition) is 0. The van der Waals surface area contributed by atoms with E-state index >= 15 is 0 Å². The third-order valence-electron chi connectivity index (χ3n) is 1.98. The number of hydrogen-bond acceptors (Lipinski definition) is 2. The molecule has 0 amide bonds. The van der Waals surface area contributed by atoms with Crippen LogP contribution < -0.4 is 0 Å². The summed E-state index contributed by atoms with van der Waals surface area (Å²) in [5, 5.41) is 4.26. The van der Waals surface area contributed by atoms with Gasteiger partial charge in [0.2, 0.25) is 0 Å². The van der Waals surface area contributed by atoms with Gasteiger partial charge in [0, 0.05) is 18.1 Å². The largest absolute Gasteiger partial charge is 0.261 e. The maximum atomic E-state index is 4.26. The summed E-state index contributed by atoms with van der Waals surface area (Å²) in [5.41, 5.74) is 2.12. The van der Waals surface area contributed by atoms with E-state index in [0.29, 0.717) is 0 Å². The van der Waals surface area contributed by atoms with Gasteiger partial charge < -0.3 is 0 Å². The van der Waals surface area contributed by atoms with Gasteiger partial charge >= 0.3 is 0 Å². The van der Waals surface area contributed by atoms with Crippen molar-refractivity contribution < 1.29 is 0 Å². The zero-order chi connectivity index (χ0) is 9.97. The highest BCUT2D eigenvalue weighted by Gasteiger charge is 1.99. The van der Waals surface area contributed by atoms with Crippen LogP contribution in [0.15, 0.2) is 35.2 Å². The molecular weight excluding hydrogens is 242 g/mol. The minimum absolute atomic E-state index is 0.840. The van der Waals surface area contributed by atoms with Crippen molar-refractivity contribution in [3.63, 3.8) is 0 Å². The lowest BCUT2D eigenvalue weighted by atomic mass is 10.3. The van der Waals surface area contributed by atoms with Crippen molar-refractivity contribution in [2.45, 2.75) is 13.3 Å². The SMILES string of the molecule is CCc1cc(-n2ccc(Br)n2)ccn1. The molecule has 72 valence electrons. The monoisotopic (exact) mass is 251 g/mol. The van der Waals surface area contributed by atoms with Crippen LogP contribution in [-0.4, -0.2) is 14.8 Å². The van der Waals surface area contributed by atoms with Gasteiger partial charge in [-0.15, -0.1) is 0 Å². The van der Waals surface area contributed by atoms with Crippen molar-refractivity contribution in [2.24, 2.45) is 0 Å². The molecule has 0 spiro atoms. The average molecular weight is 252 g/mol. The second-order valence-electron chi connectivity index (χ2n) is 2.94. The van der Waals surface area contributed by atoms with Gasteiger partial charge in [-0.3, -0.25) is 4.98 Å². The molecule has 2 aromatic heterocycles. The van der Waals surface area contributed by atoms with E-state index in [4.69, 9.17) is 0 Å². The summed E-state index contributed by atoms with van der Waals surface area (Å²) in [6.07, 6.45) is 4.67. The van der Waals surface area contributed by atoms with E-state index < -0.39 is 0 Å². The van der Waals surface area contributed by atoms with Crippen LogP contribution in [0.5, 0.6) is 0 Å². The predicted octanol–water partition coefficient (Wildman–Crippen LogP) is 2.59. The number of aryl methyl sites for hydroxylation is 1. The summed E-state index contributed by atoms with van der Waals surface area (Å²) in [6, 6.07) is 5.89. The van der Waals surface area contributed by atoms with E-state index in [1.54, 1.807) is 0 Å². The Labute approximate surface area is 90.9 Å². The van der Waals surface area contributed by atoms with Crippen LogP contribution >= 0.6 is 15.9 Å². The van der Waals surface area contributed by atoms with E-state index in [1.165, 1.54) is 0 Å². The van der Waals surface area contributed by atoms with Crippen LogP contribution in [-0.2, 0) is 6.42 Å². The molecule has 0 fully saturated rings. The van der Waals surface area contributed by atoms with Gasteiger partial charge in [0.1, 0.15) is 4.60 Å². The van der Waals surface area contributed by atoms with Crippen LogP contribution in [0.2, 0.25) is 0 Å². The Bertz CT molecular complexity index is 436. The Balaban J connectivity index is 2.41. The van der Waals surface area contributed by atoms with E-state index in [-0.39, 0.29) is 0 Å². The number of rotatable bonds is 2. The third-order valence-corrected chi connectivity index (χ3v) is 2.41. The topological polar surface area (TPSA) is 30.7 Å². The summed E-state index contributed by atoms with van der Waals surface area (Å²) in [6.45, 7) is 2.09. The Hall–Kier alpha value is -1.16. The predicted molar refractivity (Wildman–Crippen MR) is 58.4 cm³/mol. The highest BCUT2D eigenvalue weighted by molar-refractivity contribution is 9.10. The Kier molecular flexibility index (Phi) is 2.63. The molecule has 0 atom stereocenters. The van der Waals surface area contributed by atoms with E-state index in [9.17, 15) is 0 Å². The van der Waals surface area contributed by atoms with E-state index in [0.717, 1.165) is 22.4 Å². The standard InChI is InChI=1S/C10H10BrN3/c1-2-8-7-9(3-5-12-8)14-6-4-10(11)13-14/h3-7H,2H2,1H3. The number of halogens is 1. The number of aromatic nitrogens is 3. The van der Waals surface area contributed by atoms with Crippen LogP contribution in [0.1, 0.15) is 12.6 Å². The molecule has 2 aromatic rings. The zero-order valence-electron chi connectivity index (χ0n) is 7.81. The van der Waals surface area contributed by atoms with Crippen molar-refractivity contribution in [2.75, 3.05) is 0 Å². The lowest BCUT2D eigenvalue weighted by Gasteiger charge is -2.02. The highest BCUT2D eigenvalue weighted by atomic mass is 79.9. The Morgan fingerprint density at radius 3 is 2.93 bits per heavy atom. The first-order valence-electron chi connectivity index (χ1n) is 4.46. The molecule has 0 bridgehead atoms. The molecule has 0 N–H and O–H groups in total. The van der Waals surface area contributed by atoms with Crippen LogP contribution in [0.25, 0.3) is 5.69 Å². The van der Waals surface area contributed by atoms with Gasteiger partial charge in [-0.1, -0.05) is 6.92 Å². The molecule has 0 aliphatic heterocycles. The van der Waals surface area contributed by atoms with Crippen molar-refractivity contribution >= 4 is 15.9 Å². The fourth-order valence-corrected chi connectivity index (χ4v) is 1.54. The van der Waals surface area contributed by atoms with Crippen LogP contribution in [0, 0.1) is 0 Å². The zero-order valence-corrected chi connectivity index (χ0v) is 9.40. The van der Waals surface area contributed by atoms with Gasteiger partial charge in [0.15, 0.2) is 0 Å². The fourth-order valence-electron chi connectivity index (χ4n) is 1.25. The molecular formula is C10H10BrN3. The summed E-state index contributed by atoms with van der Waals surface area (Å²) in [4.78, 5) is 4.24. The van der Waals surface area contributed by atoms with Gasteiger partial charge in [-0.2, -0.15) is 5.10 Å². The molecule has 0 radical (unpaired) electrons. The third kappa shape index (κ3) is 1.85. The van der Waals surface area contributed by atoms with Crippen molar-refractivity contribution in [1.29, 1.82) is 0 Å². The lowest BCUT2D eigenvalue weighted by molar-refractivity contribution is 0.860. The van der Waals surface area contributed by atoms with E-state index in [1.807, 2.05) is 35.3 Å². The van der Waals surface area contributed by atoms with E-state index in [2.05, 4.69) is 32.9 Å². The van der Waals surface area contributed by atoms with Gasteiger partial charge in [-0.25, -0.2) is 4.68 Å². The second-order valence-corrected chi connectivity index (χ2v) is 3.75.